The minimum absolute atomic E-state index is 0.346. The molecule has 0 aliphatic rings. The van der Waals surface area contributed by atoms with Crippen LogP contribution in [-0.2, 0) is 9.59 Å². The zero-order valence-electron chi connectivity index (χ0n) is 12.6. The highest BCUT2D eigenvalue weighted by Gasteiger charge is 2.44. The van der Waals surface area contributed by atoms with Crippen molar-refractivity contribution in [2.24, 2.45) is 5.41 Å². The summed E-state index contributed by atoms with van der Waals surface area (Å²) in [6.45, 7) is 6.42. The molecule has 0 saturated heterocycles. The number of aliphatic carboxylic acids is 1. The lowest BCUT2D eigenvalue weighted by molar-refractivity contribution is -0.151. The third kappa shape index (κ3) is 4.15. The van der Waals surface area contributed by atoms with Gasteiger partial charge in [-0.2, -0.15) is 0 Å². The fourth-order valence-corrected chi connectivity index (χ4v) is 1.52. The number of amides is 1. The van der Waals surface area contributed by atoms with Gasteiger partial charge in [-0.25, -0.2) is 4.39 Å². The van der Waals surface area contributed by atoms with Crippen molar-refractivity contribution in [3.05, 3.63) is 41.7 Å². The number of hydrogen-bond acceptors (Lipinski definition) is 2. The van der Waals surface area contributed by atoms with E-state index in [1.807, 2.05) is 0 Å². The van der Waals surface area contributed by atoms with Crippen LogP contribution in [0.2, 0.25) is 0 Å². The average molecular weight is 293 g/mol. The molecule has 21 heavy (non-hydrogen) atoms. The molecule has 1 aromatic rings. The number of carboxylic acids is 1. The molecular formula is C16H20FNO3. The van der Waals surface area contributed by atoms with Crippen LogP contribution in [0.5, 0.6) is 0 Å². The van der Waals surface area contributed by atoms with E-state index in [9.17, 15) is 19.1 Å². The Morgan fingerprint density at radius 2 is 1.67 bits per heavy atom. The zero-order chi connectivity index (χ0) is 16.3. The lowest BCUT2D eigenvalue weighted by Crippen LogP contribution is -2.56. The molecule has 0 radical (unpaired) electrons. The molecule has 0 unspecified atom stereocenters. The van der Waals surface area contributed by atoms with Gasteiger partial charge in [0.05, 0.1) is 11.0 Å². The first-order chi connectivity index (χ1) is 9.56. The molecule has 2 N–H and O–H groups in total. The van der Waals surface area contributed by atoms with Gasteiger partial charge in [0, 0.05) is 6.08 Å². The molecule has 1 aromatic carbocycles. The normalized spacial score (nSPS) is 12.4. The number of carboxylic acid groups (broad SMARTS) is 1. The Bertz CT molecular complexity index is 559. The zero-order valence-corrected chi connectivity index (χ0v) is 12.6. The largest absolute Gasteiger partial charge is 0.481 e. The highest BCUT2D eigenvalue weighted by Crippen LogP contribution is 2.30. The summed E-state index contributed by atoms with van der Waals surface area (Å²) in [4.78, 5) is 23.2. The second kappa shape index (κ2) is 6.08. The van der Waals surface area contributed by atoms with E-state index in [0.717, 1.165) is 0 Å². The molecule has 0 spiro atoms. The summed E-state index contributed by atoms with van der Waals surface area (Å²) in [6.07, 6.45) is 2.84. The Kier molecular flexibility index (Phi) is 4.88. The number of benzene rings is 1. The molecule has 1 rings (SSSR count). The average Bonchev–Trinajstić information content (AvgIpc) is 2.37. The van der Waals surface area contributed by atoms with Crippen LogP contribution in [0.25, 0.3) is 6.08 Å². The molecule has 0 aliphatic heterocycles. The fourth-order valence-electron chi connectivity index (χ4n) is 1.52. The molecule has 5 heteroatoms. The van der Waals surface area contributed by atoms with Crippen LogP contribution >= 0.6 is 0 Å². The second-order valence-corrected chi connectivity index (χ2v) is 5.93. The minimum Gasteiger partial charge on any atom is -0.481 e. The summed E-state index contributed by atoms with van der Waals surface area (Å²) in [5.41, 5.74) is -1.36. The van der Waals surface area contributed by atoms with Crippen molar-refractivity contribution < 1.29 is 19.1 Å². The van der Waals surface area contributed by atoms with Gasteiger partial charge in [-0.05, 0) is 51.5 Å². The van der Waals surface area contributed by atoms with Crippen molar-refractivity contribution in [2.75, 3.05) is 0 Å². The van der Waals surface area contributed by atoms with Gasteiger partial charge in [-0.1, -0.05) is 12.1 Å². The quantitative estimate of drug-likeness (QED) is 0.820. The Hall–Kier alpha value is -2.17. The van der Waals surface area contributed by atoms with E-state index in [0.29, 0.717) is 5.56 Å². The number of halogens is 1. The van der Waals surface area contributed by atoms with E-state index < -0.39 is 22.8 Å². The van der Waals surface area contributed by atoms with Gasteiger partial charge in [0.15, 0.2) is 0 Å². The van der Waals surface area contributed by atoms with Crippen molar-refractivity contribution in [1.29, 1.82) is 0 Å². The van der Waals surface area contributed by atoms with Crippen molar-refractivity contribution >= 4 is 18.0 Å². The van der Waals surface area contributed by atoms with Gasteiger partial charge in [0.1, 0.15) is 5.82 Å². The molecule has 4 nitrogen and oxygen atoms in total. The maximum Gasteiger partial charge on any atom is 0.311 e. The lowest BCUT2D eigenvalue weighted by Gasteiger charge is -2.38. The second-order valence-electron chi connectivity index (χ2n) is 5.93. The van der Waals surface area contributed by atoms with E-state index in [4.69, 9.17) is 0 Å². The smallest absolute Gasteiger partial charge is 0.311 e. The number of carbonyl (C=O) groups excluding carboxylic acids is 1. The molecule has 0 saturated carbocycles. The number of carbonyl (C=O) groups is 2. The Morgan fingerprint density at radius 1 is 1.14 bits per heavy atom. The van der Waals surface area contributed by atoms with Crippen LogP contribution in [0, 0.1) is 11.2 Å². The van der Waals surface area contributed by atoms with Gasteiger partial charge in [-0.3, -0.25) is 9.59 Å². The van der Waals surface area contributed by atoms with Crippen LogP contribution < -0.4 is 5.32 Å². The van der Waals surface area contributed by atoms with Crippen LogP contribution in [-0.4, -0.2) is 22.5 Å². The highest BCUT2D eigenvalue weighted by molar-refractivity contribution is 5.92. The fraction of sp³-hybridized carbons (Fsp3) is 0.375. The van der Waals surface area contributed by atoms with Gasteiger partial charge >= 0.3 is 5.97 Å². The van der Waals surface area contributed by atoms with Crippen LogP contribution in [0.4, 0.5) is 4.39 Å². The standard InChI is InChI=1S/C16H20FNO3/c1-15(2,14(20)21)16(3,4)18-13(19)10-7-11-5-8-12(17)9-6-11/h5-10H,1-4H3,(H,18,19)(H,20,21). The van der Waals surface area contributed by atoms with Crippen LogP contribution in [0.1, 0.15) is 33.3 Å². The molecule has 0 aliphatic carbocycles. The summed E-state index contributed by atoms with van der Waals surface area (Å²) in [7, 11) is 0. The molecule has 0 fully saturated rings. The van der Waals surface area contributed by atoms with E-state index in [1.54, 1.807) is 45.9 Å². The van der Waals surface area contributed by atoms with E-state index >= 15 is 0 Å². The van der Waals surface area contributed by atoms with Gasteiger partial charge in [0.25, 0.3) is 0 Å². The predicted molar refractivity (Wildman–Crippen MR) is 79.1 cm³/mol. The third-order valence-electron chi connectivity index (χ3n) is 3.83. The molecule has 114 valence electrons. The number of rotatable bonds is 5. The summed E-state index contributed by atoms with van der Waals surface area (Å²) in [5, 5.41) is 11.9. The maximum atomic E-state index is 12.8. The SMILES string of the molecule is CC(C)(NC(=O)C=Cc1ccc(F)cc1)C(C)(C)C(=O)O. The van der Waals surface area contributed by atoms with Crippen molar-refractivity contribution in [2.45, 2.75) is 33.2 Å². The van der Waals surface area contributed by atoms with Crippen molar-refractivity contribution in [3.8, 4) is 0 Å². The third-order valence-corrected chi connectivity index (χ3v) is 3.83. The number of nitrogens with one attached hydrogen (secondary N) is 1. The molecule has 0 bridgehead atoms. The van der Waals surface area contributed by atoms with Crippen molar-refractivity contribution in [3.63, 3.8) is 0 Å². The summed E-state index contributed by atoms with van der Waals surface area (Å²) < 4.78 is 12.8. The highest BCUT2D eigenvalue weighted by atomic mass is 19.1. The van der Waals surface area contributed by atoms with Crippen molar-refractivity contribution in [1.82, 2.24) is 5.32 Å². The predicted octanol–water partition coefficient (Wildman–Crippen LogP) is 2.84. The summed E-state index contributed by atoms with van der Waals surface area (Å²) in [5.74, 6) is -1.74. The minimum atomic E-state index is -1.12. The first kappa shape index (κ1) is 16.9. The van der Waals surface area contributed by atoms with E-state index in [2.05, 4.69) is 5.32 Å². The Balaban J connectivity index is 2.77. The first-order valence-electron chi connectivity index (χ1n) is 6.55. The topological polar surface area (TPSA) is 66.4 Å². The van der Waals surface area contributed by atoms with Crippen LogP contribution in [0.15, 0.2) is 30.3 Å². The Labute approximate surface area is 123 Å². The monoisotopic (exact) mass is 293 g/mol. The molecule has 1 amide bonds. The molecule has 0 atom stereocenters. The molecular weight excluding hydrogens is 273 g/mol. The summed E-state index contributed by atoms with van der Waals surface area (Å²) in [6, 6.07) is 5.70. The Morgan fingerprint density at radius 3 is 2.14 bits per heavy atom. The van der Waals surface area contributed by atoms with Gasteiger partial charge in [0.2, 0.25) is 5.91 Å². The van der Waals surface area contributed by atoms with Crippen LogP contribution in [0.3, 0.4) is 0 Å². The molecule has 0 heterocycles. The first-order valence-corrected chi connectivity index (χ1v) is 6.55. The van der Waals surface area contributed by atoms with Gasteiger partial charge < -0.3 is 10.4 Å². The number of hydrogen-bond donors (Lipinski definition) is 2. The molecule has 0 aromatic heterocycles. The lowest BCUT2D eigenvalue weighted by atomic mass is 9.74. The van der Waals surface area contributed by atoms with E-state index in [1.165, 1.54) is 18.2 Å². The van der Waals surface area contributed by atoms with E-state index in [-0.39, 0.29) is 5.82 Å². The summed E-state index contributed by atoms with van der Waals surface area (Å²) >= 11 is 0. The maximum absolute atomic E-state index is 12.8. The van der Waals surface area contributed by atoms with Gasteiger partial charge in [-0.15, -0.1) is 0 Å².